The first kappa shape index (κ1) is 16.2. The molecule has 5 nitrogen and oxygen atoms in total. The molecular weight excluding hydrogens is 326 g/mol. The summed E-state index contributed by atoms with van der Waals surface area (Å²) in [5, 5.41) is 9.67. The lowest BCUT2D eigenvalue weighted by molar-refractivity contribution is 0.254. The minimum atomic E-state index is 0.157. The summed E-state index contributed by atoms with van der Waals surface area (Å²) in [7, 11) is 0. The monoisotopic (exact) mass is 345 g/mol. The van der Waals surface area contributed by atoms with Gasteiger partial charge in [-0.2, -0.15) is 5.26 Å². The smallest absolute Gasteiger partial charge is 0.149 e. The van der Waals surface area contributed by atoms with E-state index in [-0.39, 0.29) is 6.10 Å². The SMILES string of the molecule is CCOc1cc2c(cc1/C=C(\C#N)c1nc3ccccc3[nH]1)OC(C)C2. The van der Waals surface area contributed by atoms with Gasteiger partial charge in [-0.25, -0.2) is 4.98 Å². The van der Waals surface area contributed by atoms with Gasteiger partial charge in [0.2, 0.25) is 0 Å². The lowest BCUT2D eigenvalue weighted by Crippen LogP contribution is -2.05. The third kappa shape index (κ3) is 2.91. The number of aromatic nitrogens is 2. The molecule has 0 saturated carbocycles. The topological polar surface area (TPSA) is 70.9 Å². The molecule has 1 unspecified atom stereocenters. The van der Waals surface area contributed by atoms with E-state index in [4.69, 9.17) is 9.47 Å². The molecule has 1 aromatic heterocycles. The molecular formula is C21H19N3O2. The number of hydrogen-bond acceptors (Lipinski definition) is 4. The first-order chi connectivity index (χ1) is 12.7. The van der Waals surface area contributed by atoms with E-state index in [1.165, 1.54) is 0 Å². The Labute approximate surface area is 151 Å². The van der Waals surface area contributed by atoms with Gasteiger partial charge in [-0.15, -0.1) is 0 Å². The molecule has 1 aliphatic rings. The molecule has 0 spiro atoms. The highest BCUT2D eigenvalue weighted by Gasteiger charge is 2.22. The van der Waals surface area contributed by atoms with E-state index in [0.717, 1.165) is 40.1 Å². The number of ether oxygens (including phenoxy) is 2. The first-order valence-corrected chi connectivity index (χ1v) is 8.71. The summed E-state index contributed by atoms with van der Waals surface area (Å²) in [4.78, 5) is 7.73. The van der Waals surface area contributed by atoms with Crippen molar-refractivity contribution in [2.24, 2.45) is 0 Å². The predicted molar refractivity (Wildman–Crippen MR) is 101 cm³/mol. The lowest BCUT2D eigenvalue weighted by Gasteiger charge is -2.10. The van der Waals surface area contributed by atoms with Crippen molar-refractivity contribution in [1.29, 1.82) is 5.26 Å². The van der Waals surface area contributed by atoms with Crippen molar-refractivity contribution < 1.29 is 9.47 Å². The number of nitrogens with zero attached hydrogens (tertiary/aromatic N) is 2. The van der Waals surface area contributed by atoms with Crippen molar-refractivity contribution in [3.63, 3.8) is 0 Å². The fourth-order valence-electron chi connectivity index (χ4n) is 3.24. The second-order valence-electron chi connectivity index (χ2n) is 6.34. The van der Waals surface area contributed by atoms with Crippen molar-refractivity contribution in [3.8, 4) is 17.6 Å². The van der Waals surface area contributed by atoms with E-state index in [2.05, 4.69) is 16.0 Å². The Bertz CT molecular complexity index is 1010. The molecule has 0 radical (unpaired) electrons. The van der Waals surface area contributed by atoms with Gasteiger partial charge in [-0.1, -0.05) is 12.1 Å². The standard InChI is InChI=1S/C21H19N3O2/c1-3-25-19-10-14-8-13(2)26-20(14)11-15(19)9-16(12-22)21-23-17-6-4-5-7-18(17)24-21/h4-7,9-11,13H,3,8H2,1-2H3,(H,23,24)/b16-9+. The number of benzene rings is 2. The molecule has 1 N–H and O–H groups in total. The Balaban J connectivity index is 1.80. The van der Waals surface area contributed by atoms with Gasteiger partial charge in [-0.3, -0.25) is 0 Å². The van der Waals surface area contributed by atoms with Gasteiger partial charge in [0, 0.05) is 17.5 Å². The zero-order chi connectivity index (χ0) is 18.1. The molecule has 4 rings (SSSR count). The number of nitriles is 1. The summed E-state index contributed by atoms with van der Waals surface area (Å²) in [6.45, 7) is 4.55. The number of fused-ring (bicyclic) bond motifs is 2. The zero-order valence-corrected chi connectivity index (χ0v) is 14.7. The molecule has 26 heavy (non-hydrogen) atoms. The van der Waals surface area contributed by atoms with Crippen molar-refractivity contribution in [2.75, 3.05) is 6.61 Å². The molecule has 130 valence electrons. The van der Waals surface area contributed by atoms with E-state index in [1.54, 1.807) is 6.08 Å². The zero-order valence-electron chi connectivity index (χ0n) is 14.7. The van der Waals surface area contributed by atoms with Crippen LogP contribution in [0.4, 0.5) is 0 Å². The van der Waals surface area contributed by atoms with Crippen LogP contribution >= 0.6 is 0 Å². The van der Waals surface area contributed by atoms with Crippen LogP contribution < -0.4 is 9.47 Å². The van der Waals surface area contributed by atoms with E-state index < -0.39 is 0 Å². The maximum Gasteiger partial charge on any atom is 0.149 e. The third-order valence-electron chi connectivity index (χ3n) is 4.39. The highest BCUT2D eigenvalue weighted by Crippen LogP contribution is 2.36. The molecule has 0 bridgehead atoms. The fraction of sp³-hybridized carbons (Fsp3) is 0.238. The number of H-pyrrole nitrogens is 1. The molecule has 1 atom stereocenters. The maximum atomic E-state index is 9.67. The largest absolute Gasteiger partial charge is 0.493 e. The lowest BCUT2D eigenvalue weighted by atomic mass is 10.0. The Kier molecular flexibility index (Phi) is 4.10. The summed E-state index contributed by atoms with van der Waals surface area (Å²) in [6, 6.07) is 13.9. The first-order valence-electron chi connectivity index (χ1n) is 8.71. The van der Waals surface area contributed by atoms with Crippen LogP contribution in [0.1, 0.15) is 30.8 Å². The molecule has 1 aliphatic heterocycles. The molecule has 5 heteroatoms. The van der Waals surface area contributed by atoms with Gasteiger partial charge in [0.05, 0.1) is 23.2 Å². The van der Waals surface area contributed by atoms with Crippen LogP contribution in [0.2, 0.25) is 0 Å². The van der Waals surface area contributed by atoms with Gasteiger partial charge in [0.1, 0.15) is 29.5 Å². The van der Waals surface area contributed by atoms with E-state index in [9.17, 15) is 5.26 Å². The van der Waals surface area contributed by atoms with Crippen molar-refractivity contribution >= 4 is 22.7 Å². The Morgan fingerprint density at radius 1 is 1.42 bits per heavy atom. The quantitative estimate of drug-likeness (QED) is 0.714. The molecule has 0 aliphatic carbocycles. The van der Waals surface area contributed by atoms with Crippen LogP contribution in [-0.4, -0.2) is 22.7 Å². The molecule has 0 amide bonds. The average molecular weight is 345 g/mol. The molecule has 3 aromatic rings. The number of imidazole rings is 1. The van der Waals surface area contributed by atoms with Crippen LogP contribution in [0, 0.1) is 11.3 Å². The van der Waals surface area contributed by atoms with Crippen LogP contribution in [0.3, 0.4) is 0 Å². The van der Waals surface area contributed by atoms with Gasteiger partial charge in [0.25, 0.3) is 0 Å². The molecule has 0 saturated heterocycles. The minimum absolute atomic E-state index is 0.157. The van der Waals surface area contributed by atoms with Crippen LogP contribution in [0.5, 0.6) is 11.5 Å². The van der Waals surface area contributed by atoms with E-state index in [1.807, 2.05) is 50.2 Å². The Hall–Kier alpha value is -3.26. The molecule has 0 fully saturated rings. The van der Waals surface area contributed by atoms with Gasteiger partial charge in [-0.05, 0) is 44.2 Å². The predicted octanol–water partition coefficient (Wildman–Crippen LogP) is 4.35. The summed E-state index contributed by atoms with van der Waals surface area (Å²) in [5.41, 5.74) is 4.14. The maximum absolute atomic E-state index is 9.67. The number of nitrogens with one attached hydrogen (secondary N) is 1. The van der Waals surface area contributed by atoms with Crippen LogP contribution in [0.25, 0.3) is 22.7 Å². The summed E-state index contributed by atoms with van der Waals surface area (Å²) < 4.78 is 11.7. The van der Waals surface area contributed by atoms with Crippen LogP contribution in [-0.2, 0) is 6.42 Å². The van der Waals surface area contributed by atoms with E-state index in [0.29, 0.717) is 18.0 Å². The van der Waals surface area contributed by atoms with Gasteiger partial charge in [0.15, 0.2) is 0 Å². The summed E-state index contributed by atoms with van der Waals surface area (Å²) in [5.74, 6) is 2.16. The normalized spacial score (nSPS) is 16.2. The van der Waals surface area contributed by atoms with E-state index >= 15 is 0 Å². The third-order valence-corrected chi connectivity index (χ3v) is 4.39. The molecule has 2 aromatic carbocycles. The van der Waals surface area contributed by atoms with Crippen molar-refractivity contribution in [3.05, 3.63) is 53.3 Å². The number of allylic oxidation sites excluding steroid dienone is 1. The van der Waals surface area contributed by atoms with Gasteiger partial charge < -0.3 is 14.5 Å². The van der Waals surface area contributed by atoms with Crippen molar-refractivity contribution in [1.82, 2.24) is 9.97 Å². The van der Waals surface area contributed by atoms with Crippen molar-refractivity contribution in [2.45, 2.75) is 26.4 Å². The number of hydrogen-bond donors (Lipinski definition) is 1. The summed E-state index contributed by atoms with van der Waals surface area (Å²) in [6.07, 6.45) is 2.83. The number of aromatic amines is 1. The molecule has 2 heterocycles. The summed E-state index contributed by atoms with van der Waals surface area (Å²) >= 11 is 0. The van der Waals surface area contributed by atoms with Gasteiger partial charge >= 0.3 is 0 Å². The minimum Gasteiger partial charge on any atom is -0.493 e. The second-order valence-corrected chi connectivity index (χ2v) is 6.34. The highest BCUT2D eigenvalue weighted by atomic mass is 16.5. The number of rotatable bonds is 4. The number of para-hydroxylation sites is 2. The fourth-order valence-corrected chi connectivity index (χ4v) is 3.24. The Morgan fingerprint density at radius 2 is 2.27 bits per heavy atom. The Morgan fingerprint density at radius 3 is 3.04 bits per heavy atom. The second kappa shape index (κ2) is 6.57. The highest BCUT2D eigenvalue weighted by molar-refractivity contribution is 5.91. The average Bonchev–Trinajstić information content (AvgIpc) is 3.21. The van der Waals surface area contributed by atoms with Crippen LogP contribution in [0.15, 0.2) is 36.4 Å².